The molecule has 0 aliphatic carbocycles. The zero-order valence-corrected chi connectivity index (χ0v) is 19.7. The molecule has 0 spiro atoms. The lowest BCUT2D eigenvalue weighted by Crippen LogP contribution is -2.13. The van der Waals surface area contributed by atoms with Crippen LogP contribution in [0.5, 0.6) is 11.5 Å². The number of nitrogens with two attached hydrogens (primary N) is 2. The van der Waals surface area contributed by atoms with E-state index in [9.17, 15) is 9.90 Å². The Morgan fingerprint density at radius 2 is 1.78 bits per heavy atom. The number of anilines is 3. The number of phenols is 1. The van der Waals surface area contributed by atoms with Crippen LogP contribution >= 0.6 is 0 Å². The quantitative estimate of drug-likeness (QED) is 0.215. The average molecular weight is 495 g/mol. The van der Waals surface area contributed by atoms with Crippen LogP contribution in [0.1, 0.15) is 15.9 Å². The van der Waals surface area contributed by atoms with Gasteiger partial charge in [-0.2, -0.15) is 15.0 Å². The van der Waals surface area contributed by atoms with E-state index in [0.717, 1.165) is 5.39 Å². The Balaban J connectivity index is 0.000000195. The van der Waals surface area contributed by atoms with Crippen LogP contribution in [0.4, 0.5) is 17.2 Å². The molecule has 3 aromatic carbocycles. The maximum absolute atomic E-state index is 12.5. The third-order valence-corrected chi connectivity index (χ3v) is 5.33. The highest BCUT2D eigenvalue weighted by atomic mass is 16.5. The first-order chi connectivity index (χ1) is 17.9. The zero-order valence-electron chi connectivity index (χ0n) is 19.7. The summed E-state index contributed by atoms with van der Waals surface area (Å²) in [5.41, 5.74) is 12.7. The first kappa shape index (κ1) is 24.5. The predicted octanol–water partition coefficient (Wildman–Crippen LogP) is 3.50. The van der Waals surface area contributed by atoms with Gasteiger partial charge in [0.05, 0.1) is 30.2 Å². The van der Waals surface area contributed by atoms with Gasteiger partial charge in [-0.25, -0.2) is 9.97 Å². The molecule has 5 rings (SSSR count). The summed E-state index contributed by atoms with van der Waals surface area (Å²) < 4.78 is 6.52. The SMILES string of the molecule is COc1ccccc1NC(=O)c1cc2ccccc2c(N)c1O.N#Cc1cnn(-c2ncccn2)c1N. The molecule has 1 amide bonds. The second-order valence-electron chi connectivity index (χ2n) is 7.58. The molecule has 0 fully saturated rings. The third-order valence-electron chi connectivity index (χ3n) is 5.33. The molecule has 0 saturated carbocycles. The normalized spacial score (nSPS) is 10.2. The van der Waals surface area contributed by atoms with Gasteiger partial charge >= 0.3 is 0 Å². The van der Waals surface area contributed by atoms with Crippen LogP contribution in [-0.4, -0.2) is 37.9 Å². The number of aromatic nitrogens is 4. The first-order valence-electron chi connectivity index (χ1n) is 10.9. The van der Waals surface area contributed by atoms with Gasteiger partial charge in [-0.05, 0) is 29.7 Å². The number of carbonyl (C=O) groups excluding carboxylic acids is 1. The van der Waals surface area contributed by atoms with Crippen LogP contribution < -0.4 is 21.5 Å². The van der Waals surface area contributed by atoms with Gasteiger partial charge in [0.25, 0.3) is 11.9 Å². The van der Waals surface area contributed by atoms with Gasteiger partial charge < -0.3 is 26.6 Å². The van der Waals surface area contributed by atoms with Crippen molar-refractivity contribution in [2.75, 3.05) is 23.9 Å². The van der Waals surface area contributed by atoms with E-state index < -0.39 is 5.91 Å². The lowest BCUT2D eigenvalue weighted by Gasteiger charge is -2.13. The molecule has 2 heterocycles. The first-order valence-corrected chi connectivity index (χ1v) is 10.9. The van der Waals surface area contributed by atoms with Crippen LogP contribution in [-0.2, 0) is 0 Å². The van der Waals surface area contributed by atoms with Crippen LogP contribution in [0.15, 0.2) is 79.3 Å². The fourth-order valence-electron chi connectivity index (χ4n) is 3.48. The minimum absolute atomic E-state index is 0.118. The van der Waals surface area contributed by atoms with E-state index in [4.69, 9.17) is 21.5 Å². The summed E-state index contributed by atoms with van der Waals surface area (Å²) in [5.74, 6) is 0.458. The van der Waals surface area contributed by atoms with Gasteiger partial charge in [0, 0.05) is 17.8 Å². The molecule has 0 bridgehead atoms. The average Bonchev–Trinajstić information content (AvgIpc) is 3.32. The maximum atomic E-state index is 12.5. The number of hydrogen-bond donors (Lipinski definition) is 4. The molecule has 0 unspecified atom stereocenters. The number of amides is 1. The van der Waals surface area contributed by atoms with Crippen LogP contribution in [0.25, 0.3) is 16.7 Å². The summed E-state index contributed by atoms with van der Waals surface area (Å²) >= 11 is 0. The number of nitrogen functional groups attached to an aromatic ring is 2. The Bertz CT molecular complexity index is 1610. The van der Waals surface area contributed by atoms with E-state index in [2.05, 4.69) is 20.4 Å². The monoisotopic (exact) mass is 494 g/mol. The molecular weight excluding hydrogens is 472 g/mol. The number of hydrogen-bond acceptors (Lipinski definition) is 9. The van der Waals surface area contributed by atoms with Crippen molar-refractivity contribution in [2.45, 2.75) is 0 Å². The van der Waals surface area contributed by atoms with Crippen molar-refractivity contribution in [3.63, 3.8) is 0 Å². The lowest BCUT2D eigenvalue weighted by atomic mass is 10.0. The number of rotatable bonds is 4. The number of methoxy groups -OCH3 is 1. The van der Waals surface area contributed by atoms with E-state index in [1.54, 1.807) is 54.9 Å². The van der Waals surface area contributed by atoms with Gasteiger partial charge in [-0.1, -0.05) is 36.4 Å². The van der Waals surface area contributed by atoms with Gasteiger partial charge in [0.1, 0.15) is 23.2 Å². The number of fused-ring (bicyclic) bond motifs is 1. The highest BCUT2D eigenvalue weighted by molar-refractivity contribution is 6.12. The number of para-hydroxylation sites is 2. The van der Waals surface area contributed by atoms with Gasteiger partial charge in [0.15, 0.2) is 5.75 Å². The Morgan fingerprint density at radius 1 is 1.08 bits per heavy atom. The fraction of sp³-hybridized carbons (Fsp3) is 0.0385. The predicted molar refractivity (Wildman–Crippen MR) is 139 cm³/mol. The highest BCUT2D eigenvalue weighted by Gasteiger charge is 2.17. The minimum Gasteiger partial charge on any atom is -0.505 e. The molecule has 5 aromatic rings. The fourth-order valence-corrected chi connectivity index (χ4v) is 3.48. The molecule has 11 heteroatoms. The number of carbonyl (C=O) groups is 1. The lowest BCUT2D eigenvalue weighted by molar-refractivity contribution is 0.102. The van der Waals surface area contributed by atoms with Gasteiger partial charge in [0.2, 0.25) is 0 Å². The van der Waals surface area contributed by atoms with Crippen molar-refractivity contribution in [1.29, 1.82) is 5.26 Å². The summed E-state index contributed by atoms with van der Waals surface area (Å²) in [5, 5.41) is 27.0. The largest absolute Gasteiger partial charge is 0.505 e. The van der Waals surface area contributed by atoms with Crippen molar-refractivity contribution in [3.05, 3.63) is 90.4 Å². The van der Waals surface area contributed by atoms with Crippen molar-refractivity contribution < 1.29 is 14.6 Å². The van der Waals surface area contributed by atoms with Gasteiger partial charge in [-0.15, -0.1) is 0 Å². The molecule has 2 aromatic heterocycles. The molecule has 37 heavy (non-hydrogen) atoms. The number of nitrogens with zero attached hydrogens (tertiary/aromatic N) is 5. The molecule has 0 atom stereocenters. The number of aromatic hydroxyl groups is 1. The van der Waals surface area contributed by atoms with E-state index in [1.807, 2.05) is 24.3 Å². The second kappa shape index (κ2) is 10.7. The molecule has 0 aliphatic heterocycles. The van der Waals surface area contributed by atoms with Crippen molar-refractivity contribution >= 4 is 33.9 Å². The summed E-state index contributed by atoms with van der Waals surface area (Å²) in [6.07, 6.45) is 4.54. The Kier molecular flexibility index (Phi) is 7.11. The Labute approximate surface area is 211 Å². The zero-order chi connectivity index (χ0) is 26.4. The number of phenolic OH excluding ortho intramolecular Hbond substituents is 1. The topological polar surface area (TPSA) is 178 Å². The van der Waals surface area contributed by atoms with Crippen LogP contribution in [0.3, 0.4) is 0 Å². The number of nitrogens with one attached hydrogen (secondary N) is 1. The molecule has 0 aliphatic rings. The molecule has 0 saturated heterocycles. The van der Waals surface area contributed by atoms with E-state index in [1.165, 1.54) is 18.0 Å². The minimum atomic E-state index is -0.454. The summed E-state index contributed by atoms with van der Waals surface area (Å²) in [7, 11) is 1.52. The second-order valence-corrected chi connectivity index (χ2v) is 7.58. The summed E-state index contributed by atoms with van der Waals surface area (Å²) in [6, 6.07) is 19.6. The van der Waals surface area contributed by atoms with E-state index in [0.29, 0.717) is 28.3 Å². The number of benzene rings is 3. The molecular formula is C26H22N8O3. The Hall–Kier alpha value is -5.63. The van der Waals surface area contributed by atoms with Crippen molar-refractivity contribution in [1.82, 2.24) is 19.7 Å². The standard InChI is InChI=1S/C18H16N2O3.C8H6N6/c1-23-15-9-5-4-8-14(15)20-18(22)13-10-11-6-2-3-7-12(11)16(19)17(13)21;9-4-6-5-13-14(7(6)10)8-11-2-1-3-12-8/h2-10,21H,19H2,1H3,(H,20,22);1-3,5H,10H2. The third kappa shape index (κ3) is 5.08. The van der Waals surface area contributed by atoms with E-state index in [-0.39, 0.29) is 22.8 Å². The summed E-state index contributed by atoms with van der Waals surface area (Å²) in [4.78, 5) is 20.4. The van der Waals surface area contributed by atoms with Crippen molar-refractivity contribution in [3.8, 4) is 23.5 Å². The number of ether oxygens (including phenoxy) is 1. The van der Waals surface area contributed by atoms with Crippen molar-refractivity contribution in [2.24, 2.45) is 0 Å². The smallest absolute Gasteiger partial charge is 0.259 e. The number of nitriles is 1. The highest BCUT2D eigenvalue weighted by Crippen LogP contribution is 2.34. The molecule has 11 nitrogen and oxygen atoms in total. The van der Waals surface area contributed by atoms with Crippen LogP contribution in [0.2, 0.25) is 0 Å². The maximum Gasteiger partial charge on any atom is 0.259 e. The van der Waals surface area contributed by atoms with Crippen LogP contribution in [0, 0.1) is 11.3 Å². The molecule has 184 valence electrons. The molecule has 6 N–H and O–H groups in total. The summed E-state index contributed by atoms with van der Waals surface area (Å²) in [6.45, 7) is 0. The Morgan fingerprint density at radius 3 is 2.49 bits per heavy atom. The molecule has 0 radical (unpaired) electrons. The van der Waals surface area contributed by atoms with E-state index >= 15 is 0 Å². The van der Waals surface area contributed by atoms with Gasteiger partial charge in [-0.3, -0.25) is 4.79 Å².